The predicted octanol–water partition coefficient (Wildman–Crippen LogP) is 5.27. The molecule has 3 rings (SSSR count). The van der Waals surface area contributed by atoms with Crippen molar-refractivity contribution in [2.45, 2.75) is 51.1 Å². The summed E-state index contributed by atoms with van der Waals surface area (Å²) in [7, 11) is 0. The Labute approximate surface area is 170 Å². The van der Waals surface area contributed by atoms with Crippen molar-refractivity contribution in [1.82, 2.24) is 20.2 Å². The van der Waals surface area contributed by atoms with Crippen LogP contribution in [0.1, 0.15) is 67.4 Å². The third-order valence-corrected chi connectivity index (χ3v) is 5.91. The van der Waals surface area contributed by atoms with Gasteiger partial charge < -0.3 is 0 Å². The van der Waals surface area contributed by atoms with Crippen molar-refractivity contribution in [2.75, 3.05) is 5.75 Å². The molecule has 0 fully saturated rings. The monoisotopic (exact) mass is 394 g/mol. The zero-order chi connectivity index (χ0) is 20.1. The highest BCUT2D eigenvalue weighted by atomic mass is 32.2. The van der Waals surface area contributed by atoms with Crippen LogP contribution in [0.5, 0.6) is 0 Å². The summed E-state index contributed by atoms with van der Waals surface area (Å²) >= 11 is 1.35. The van der Waals surface area contributed by atoms with E-state index in [1.807, 2.05) is 36.4 Å². The minimum atomic E-state index is 0.0745. The van der Waals surface area contributed by atoms with Crippen LogP contribution in [0.2, 0.25) is 0 Å². The highest BCUT2D eigenvalue weighted by Crippen LogP contribution is 2.23. The van der Waals surface area contributed by atoms with Gasteiger partial charge in [0.15, 0.2) is 5.78 Å². The summed E-state index contributed by atoms with van der Waals surface area (Å²) in [5.41, 5.74) is 4.14. The second kappa shape index (κ2) is 9.15. The van der Waals surface area contributed by atoms with Gasteiger partial charge in [0.05, 0.1) is 11.4 Å². The van der Waals surface area contributed by atoms with E-state index < -0.39 is 0 Å². The van der Waals surface area contributed by atoms with Gasteiger partial charge in [0.25, 0.3) is 0 Å². The topological polar surface area (TPSA) is 60.7 Å². The van der Waals surface area contributed by atoms with E-state index in [-0.39, 0.29) is 5.78 Å². The van der Waals surface area contributed by atoms with Gasteiger partial charge in [0, 0.05) is 5.56 Å². The molecule has 6 heteroatoms. The first-order valence-electron chi connectivity index (χ1n) is 9.64. The van der Waals surface area contributed by atoms with Gasteiger partial charge in [0.2, 0.25) is 5.16 Å². The van der Waals surface area contributed by atoms with Crippen molar-refractivity contribution < 1.29 is 4.79 Å². The van der Waals surface area contributed by atoms with Gasteiger partial charge >= 0.3 is 0 Å². The molecule has 0 aliphatic carbocycles. The minimum Gasteiger partial charge on any atom is -0.293 e. The van der Waals surface area contributed by atoms with E-state index in [0.717, 1.165) is 17.7 Å². The summed E-state index contributed by atoms with van der Waals surface area (Å²) in [6, 6.07) is 16.1. The van der Waals surface area contributed by atoms with Crippen molar-refractivity contribution in [1.29, 1.82) is 0 Å². The van der Waals surface area contributed by atoms with E-state index in [9.17, 15) is 4.79 Å². The summed E-state index contributed by atoms with van der Waals surface area (Å²) in [4.78, 5) is 12.6. The van der Waals surface area contributed by atoms with Crippen LogP contribution in [0.15, 0.2) is 53.7 Å². The van der Waals surface area contributed by atoms with Crippen molar-refractivity contribution in [3.05, 3.63) is 65.2 Å². The molecule has 0 saturated heterocycles. The quantitative estimate of drug-likeness (QED) is 0.384. The predicted molar refractivity (Wildman–Crippen MR) is 113 cm³/mol. The Morgan fingerprint density at radius 1 is 1.00 bits per heavy atom. The number of hydrogen-bond donors (Lipinski definition) is 0. The number of nitrogens with zero attached hydrogens (tertiary/aromatic N) is 4. The Kier molecular flexibility index (Phi) is 6.62. The smallest absolute Gasteiger partial charge is 0.214 e. The van der Waals surface area contributed by atoms with Crippen molar-refractivity contribution in [3.8, 4) is 5.69 Å². The first-order chi connectivity index (χ1) is 13.5. The lowest BCUT2D eigenvalue weighted by Crippen LogP contribution is -2.05. The van der Waals surface area contributed by atoms with Crippen molar-refractivity contribution in [3.63, 3.8) is 0 Å². The largest absolute Gasteiger partial charge is 0.293 e. The number of carbonyl (C=O) groups excluding carboxylic acids is 1. The molecule has 0 radical (unpaired) electrons. The van der Waals surface area contributed by atoms with E-state index in [1.165, 1.54) is 22.9 Å². The zero-order valence-corrected chi connectivity index (χ0v) is 17.6. The fourth-order valence-electron chi connectivity index (χ4n) is 2.88. The van der Waals surface area contributed by atoms with Crippen molar-refractivity contribution in [2.24, 2.45) is 0 Å². The third kappa shape index (κ3) is 4.68. The number of tetrazole rings is 1. The zero-order valence-electron chi connectivity index (χ0n) is 16.8. The maximum Gasteiger partial charge on any atom is 0.214 e. The molecule has 146 valence electrons. The lowest BCUT2D eigenvalue weighted by atomic mass is 9.97. The van der Waals surface area contributed by atoms with Gasteiger partial charge in [-0.05, 0) is 51.9 Å². The van der Waals surface area contributed by atoms with E-state index in [2.05, 4.69) is 55.4 Å². The number of Topliss-reactive ketones (excluding diaryl/α,β-unsaturated/α-hetero) is 1. The Balaban J connectivity index is 1.67. The highest BCUT2D eigenvalue weighted by Gasteiger charge is 2.14. The molecule has 1 aromatic heterocycles. The van der Waals surface area contributed by atoms with E-state index in [0.29, 0.717) is 22.7 Å². The molecule has 1 heterocycles. The number of hydrogen-bond acceptors (Lipinski definition) is 5. The molecule has 0 N–H and O–H groups in total. The number of aromatic nitrogens is 4. The second-order valence-electron chi connectivity index (χ2n) is 7.26. The molecule has 0 spiro atoms. The number of thioether (sulfide) groups is 1. The summed E-state index contributed by atoms with van der Waals surface area (Å²) in [6.45, 7) is 8.68. The summed E-state index contributed by atoms with van der Waals surface area (Å²) in [6.07, 6.45) is 1.09. The van der Waals surface area contributed by atoms with E-state index in [4.69, 9.17) is 0 Å². The molecule has 0 aliphatic rings. The number of benzene rings is 2. The lowest BCUT2D eigenvalue weighted by molar-refractivity contribution is 0.102. The van der Waals surface area contributed by atoms with Crippen LogP contribution in [-0.4, -0.2) is 31.7 Å². The van der Waals surface area contributed by atoms with E-state index >= 15 is 0 Å². The lowest BCUT2D eigenvalue weighted by Gasteiger charge is -2.09. The fraction of sp³-hybridized carbons (Fsp3) is 0.364. The minimum absolute atomic E-state index is 0.0745. The standard InChI is InChI=1S/C22H26N4OS/c1-5-16(4)18-6-8-19(9-7-18)21(27)14-28-22-23-24-25-26(22)20-12-10-17(11-13-20)15(2)3/h6-13,15-16H,5,14H2,1-4H3/t16-/m0/s1. The number of carbonyl (C=O) groups is 1. The molecular weight excluding hydrogens is 368 g/mol. The average Bonchev–Trinajstić information content (AvgIpc) is 3.20. The molecule has 1 atom stereocenters. The summed E-state index contributed by atoms with van der Waals surface area (Å²) < 4.78 is 1.67. The molecule has 0 bridgehead atoms. The molecule has 28 heavy (non-hydrogen) atoms. The molecule has 0 unspecified atom stereocenters. The molecule has 0 saturated carbocycles. The maximum atomic E-state index is 12.6. The first-order valence-corrected chi connectivity index (χ1v) is 10.6. The molecule has 0 amide bonds. The first kappa shape index (κ1) is 20.3. The average molecular weight is 395 g/mol. The van der Waals surface area contributed by atoms with Crippen LogP contribution in [0, 0.1) is 0 Å². The molecule has 5 nitrogen and oxygen atoms in total. The van der Waals surface area contributed by atoms with Crippen LogP contribution >= 0.6 is 11.8 Å². The van der Waals surface area contributed by atoms with Crippen LogP contribution in [0.4, 0.5) is 0 Å². The van der Waals surface area contributed by atoms with E-state index in [1.54, 1.807) is 4.68 Å². The molecule has 3 aromatic rings. The Hall–Kier alpha value is -2.47. The number of ketones is 1. The molecular formula is C22H26N4OS. The van der Waals surface area contributed by atoms with Crippen LogP contribution < -0.4 is 0 Å². The van der Waals surface area contributed by atoms with Gasteiger partial charge in [-0.2, -0.15) is 4.68 Å². The normalized spacial score (nSPS) is 12.3. The SMILES string of the molecule is CC[C@H](C)c1ccc(C(=O)CSc2nnnn2-c2ccc(C(C)C)cc2)cc1. The van der Waals surface area contributed by atoms with Gasteiger partial charge in [-0.25, -0.2) is 0 Å². The maximum absolute atomic E-state index is 12.6. The number of rotatable bonds is 8. The Morgan fingerprint density at radius 3 is 2.25 bits per heavy atom. The van der Waals surface area contributed by atoms with Gasteiger partial charge in [-0.3, -0.25) is 4.79 Å². The molecule has 2 aromatic carbocycles. The van der Waals surface area contributed by atoms with Crippen LogP contribution in [0.25, 0.3) is 5.69 Å². The summed E-state index contributed by atoms with van der Waals surface area (Å²) in [5.74, 6) is 1.35. The van der Waals surface area contributed by atoms with Gasteiger partial charge in [-0.15, -0.1) is 5.10 Å². The van der Waals surface area contributed by atoms with Crippen LogP contribution in [0.3, 0.4) is 0 Å². The third-order valence-electron chi connectivity index (χ3n) is 4.99. The van der Waals surface area contributed by atoms with Crippen molar-refractivity contribution >= 4 is 17.5 Å². The Morgan fingerprint density at radius 2 is 1.64 bits per heavy atom. The summed E-state index contributed by atoms with van der Waals surface area (Å²) in [5, 5.41) is 12.5. The Bertz CT molecular complexity index is 916. The second-order valence-corrected chi connectivity index (χ2v) is 8.21. The van der Waals surface area contributed by atoms with Gasteiger partial charge in [-0.1, -0.05) is 75.9 Å². The van der Waals surface area contributed by atoms with Crippen LogP contribution in [-0.2, 0) is 0 Å². The highest BCUT2D eigenvalue weighted by molar-refractivity contribution is 7.99. The fourth-order valence-corrected chi connectivity index (χ4v) is 3.66. The van der Waals surface area contributed by atoms with Gasteiger partial charge in [0.1, 0.15) is 0 Å². The molecule has 0 aliphatic heterocycles.